The molecule has 2 amide bonds. The smallest absolute Gasteiger partial charge is 0.406 e. The molecule has 2 unspecified atom stereocenters. The molecular formula is C23H18F3N3O4. The summed E-state index contributed by atoms with van der Waals surface area (Å²) in [5.41, 5.74) is 3.09. The van der Waals surface area contributed by atoms with Gasteiger partial charge in [0, 0.05) is 23.0 Å². The summed E-state index contributed by atoms with van der Waals surface area (Å²) in [6.45, 7) is -1.99. The molecule has 7 nitrogen and oxygen atoms in total. The van der Waals surface area contributed by atoms with Crippen LogP contribution in [0.4, 0.5) is 13.2 Å². The molecule has 3 aromatic rings. The molecule has 4 heterocycles. The van der Waals surface area contributed by atoms with Gasteiger partial charge in [0.2, 0.25) is 18.6 Å². The Morgan fingerprint density at radius 2 is 1.85 bits per heavy atom. The van der Waals surface area contributed by atoms with Crippen LogP contribution in [0.5, 0.6) is 11.5 Å². The topological polar surface area (TPSA) is 74.9 Å². The Kier molecular flexibility index (Phi) is 4.17. The number of carbonyl (C=O) groups excluding carboxylic acids is 2. The Morgan fingerprint density at radius 3 is 2.67 bits per heavy atom. The van der Waals surface area contributed by atoms with Crippen molar-refractivity contribution in [1.82, 2.24) is 14.8 Å². The van der Waals surface area contributed by atoms with E-state index in [0.717, 1.165) is 22.2 Å². The molecule has 0 spiro atoms. The summed E-state index contributed by atoms with van der Waals surface area (Å²) in [6.07, 6.45) is -4.45. The van der Waals surface area contributed by atoms with E-state index >= 15 is 0 Å². The number of halogens is 3. The van der Waals surface area contributed by atoms with Crippen LogP contribution in [-0.4, -0.2) is 58.7 Å². The fraction of sp³-hybridized carbons (Fsp3) is 0.304. The largest absolute Gasteiger partial charge is 0.454 e. The van der Waals surface area contributed by atoms with Crippen molar-refractivity contribution >= 4 is 22.7 Å². The lowest BCUT2D eigenvalue weighted by molar-refractivity contribution is -0.176. The first-order valence-electron chi connectivity index (χ1n) is 10.5. The molecule has 170 valence electrons. The number of para-hydroxylation sites is 1. The van der Waals surface area contributed by atoms with Gasteiger partial charge in [-0.2, -0.15) is 13.2 Å². The number of alkyl halides is 3. The van der Waals surface area contributed by atoms with Gasteiger partial charge >= 0.3 is 6.18 Å². The number of hydrogen-bond donors (Lipinski definition) is 1. The van der Waals surface area contributed by atoms with Crippen molar-refractivity contribution in [2.75, 3.05) is 19.9 Å². The normalized spacial score (nSPS) is 22.0. The van der Waals surface area contributed by atoms with Crippen molar-refractivity contribution in [3.05, 3.63) is 59.3 Å². The van der Waals surface area contributed by atoms with E-state index in [9.17, 15) is 22.8 Å². The van der Waals surface area contributed by atoms with Gasteiger partial charge in [0.1, 0.15) is 19.1 Å². The molecule has 3 aliphatic heterocycles. The Labute approximate surface area is 185 Å². The second-order valence-electron chi connectivity index (χ2n) is 8.41. The second kappa shape index (κ2) is 6.90. The van der Waals surface area contributed by atoms with Gasteiger partial charge in [-0.15, -0.1) is 0 Å². The number of hydrogen-bond acceptors (Lipinski definition) is 4. The molecule has 1 fully saturated rings. The lowest BCUT2D eigenvalue weighted by Gasteiger charge is -2.47. The van der Waals surface area contributed by atoms with Crippen molar-refractivity contribution < 1.29 is 32.2 Å². The van der Waals surface area contributed by atoms with Crippen LogP contribution in [0.3, 0.4) is 0 Å². The minimum absolute atomic E-state index is 0.0806. The molecule has 0 radical (unpaired) electrons. The molecule has 2 atom stereocenters. The monoisotopic (exact) mass is 457 g/mol. The van der Waals surface area contributed by atoms with Gasteiger partial charge in [0.05, 0.1) is 6.04 Å². The zero-order chi connectivity index (χ0) is 22.9. The van der Waals surface area contributed by atoms with Crippen LogP contribution >= 0.6 is 0 Å². The van der Waals surface area contributed by atoms with Crippen molar-refractivity contribution in [3.8, 4) is 11.5 Å². The zero-order valence-electron chi connectivity index (χ0n) is 17.2. The fourth-order valence-corrected chi connectivity index (χ4v) is 5.10. The molecule has 1 saturated heterocycles. The quantitative estimate of drug-likeness (QED) is 0.642. The second-order valence-corrected chi connectivity index (χ2v) is 8.41. The number of piperazine rings is 1. The molecule has 0 bridgehead atoms. The maximum absolute atomic E-state index is 13.2. The van der Waals surface area contributed by atoms with E-state index in [4.69, 9.17) is 9.47 Å². The number of H-pyrrole nitrogens is 1. The van der Waals surface area contributed by atoms with Crippen LogP contribution in [0.2, 0.25) is 0 Å². The first kappa shape index (κ1) is 20.0. The van der Waals surface area contributed by atoms with E-state index in [-0.39, 0.29) is 13.2 Å². The molecule has 3 aliphatic rings. The molecule has 1 aromatic heterocycles. The minimum atomic E-state index is -4.59. The van der Waals surface area contributed by atoms with Crippen LogP contribution in [0.15, 0.2) is 42.5 Å². The third-order valence-corrected chi connectivity index (χ3v) is 6.42. The number of benzene rings is 2. The minimum Gasteiger partial charge on any atom is -0.454 e. The van der Waals surface area contributed by atoms with Crippen LogP contribution in [0, 0.1) is 0 Å². The molecular weight excluding hydrogens is 439 g/mol. The molecule has 1 N–H and O–H groups in total. The lowest BCUT2D eigenvalue weighted by Crippen LogP contribution is -2.64. The van der Waals surface area contributed by atoms with E-state index in [1.54, 1.807) is 18.2 Å². The highest BCUT2D eigenvalue weighted by molar-refractivity contribution is 5.97. The predicted octanol–water partition coefficient (Wildman–Crippen LogP) is 3.14. The number of ether oxygens (including phenoxy) is 2. The van der Waals surface area contributed by atoms with Gasteiger partial charge in [-0.3, -0.25) is 9.59 Å². The number of amides is 2. The van der Waals surface area contributed by atoms with Crippen LogP contribution < -0.4 is 9.47 Å². The number of nitrogens with zero attached hydrogens (tertiary/aromatic N) is 2. The number of nitrogens with one attached hydrogen (secondary N) is 1. The van der Waals surface area contributed by atoms with Crippen LogP contribution in [0.25, 0.3) is 10.9 Å². The highest BCUT2D eigenvalue weighted by Crippen LogP contribution is 2.45. The van der Waals surface area contributed by atoms with E-state index in [0.29, 0.717) is 22.0 Å². The summed E-state index contributed by atoms with van der Waals surface area (Å²) in [5, 5.41) is 0.881. The molecule has 2 aromatic carbocycles. The highest BCUT2D eigenvalue weighted by Gasteiger charge is 2.50. The van der Waals surface area contributed by atoms with E-state index < -0.39 is 43.2 Å². The average Bonchev–Trinajstić information content (AvgIpc) is 3.38. The summed E-state index contributed by atoms with van der Waals surface area (Å²) in [5.74, 6) is -0.147. The van der Waals surface area contributed by atoms with Gasteiger partial charge < -0.3 is 24.3 Å². The van der Waals surface area contributed by atoms with Crippen LogP contribution in [-0.2, 0) is 16.0 Å². The Hall–Kier alpha value is -3.69. The summed E-state index contributed by atoms with van der Waals surface area (Å²) in [7, 11) is 0. The number of aromatic amines is 1. The standard InChI is InChI=1S/C23H18F3N3O4/c24-23(25,26)10-28-9-19(30)29-16(22(28)31)8-14-13-3-1-2-4-15(13)27-20(14)21(29)12-5-6-17-18(7-12)33-11-32-17/h1-7,16,21,27H,8-11H2. The summed E-state index contributed by atoms with van der Waals surface area (Å²) >= 11 is 0. The third kappa shape index (κ3) is 3.12. The van der Waals surface area contributed by atoms with Crippen molar-refractivity contribution in [1.29, 1.82) is 0 Å². The van der Waals surface area contributed by atoms with Crippen molar-refractivity contribution in [2.24, 2.45) is 0 Å². The maximum atomic E-state index is 13.2. The van der Waals surface area contributed by atoms with E-state index in [1.165, 1.54) is 4.90 Å². The number of rotatable bonds is 2. The van der Waals surface area contributed by atoms with Crippen molar-refractivity contribution in [3.63, 3.8) is 0 Å². The number of fused-ring (bicyclic) bond motifs is 5. The van der Waals surface area contributed by atoms with Gasteiger partial charge in [-0.1, -0.05) is 24.3 Å². The van der Waals surface area contributed by atoms with Gasteiger partial charge in [0.15, 0.2) is 11.5 Å². The molecule has 33 heavy (non-hydrogen) atoms. The van der Waals surface area contributed by atoms with Gasteiger partial charge in [0.25, 0.3) is 0 Å². The number of carbonyl (C=O) groups is 2. The summed E-state index contributed by atoms with van der Waals surface area (Å²) in [4.78, 5) is 31.8. The number of aromatic nitrogens is 1. The van der Waals surface area contributed by atoms with Crippen molar-refractivity contribution in [2.45, 2.75) is 24.7 Å². The predicted molar refractivity (Wildman–Crippen MR) is 110 cm³/mol. The molecule has 6 rings (SSSR count). The summed E-state index contributed by atoms with van der Waals surface area (Å²) < 4.78 is 50.1. The van der Waals surface area contributed by atoms with E-state index in [1.807, 2.05) is 24.3 Å². The fourth-order valence-electron chi connectivity index (χ4n) is 5.10. The summed E-state index contributed by atoms with van der Waals surface area (Å²) in [6, 6.07) is 11.1. The first-order chi connectivity index (χ1) is 15.8. The first-order valence-corrected chi connectivity index (χ1v) is 10.5. The Bertz CT molecular complexity index is 1300. The highest BCUT2D eigenvalue weighted by atomic mass is 19.4. The Morgan fingerprint density at radius 1 is 1.06 bits per heavy atom. The SMILES string of the molecule is O=C1C2Cc3c([nH]c4ccccc34)C(c3ccc4c(c3)OCO4)N2C(=O)CN1CC(F)(F)F. The van der Waals surface area contributed by atoms with Gasteiger partial charge in [-0.25, -0.2) is 0 Å². The van der Waals surface area contributed by atoms with Gasteiger partial charge in [-0.05, 0) is 29.3 Å². The molecule has 0 saturated carbocycles. The Balaban J connectivity index is 1.51. The zero-order valence-corrected chi connectivity index (χ0v) is 17.2. The van der Waals surface area contributed by atoms with E-state index in [2.05, 4.69) is 4.98 Å². The third-order valence-electron chi connectivity index (χ3n) is 6.42. The lowest BCUT2D eigenvalue weighted by atomic mass is 9.86. The molecule has 10 heteroatoms. The maximum Gasteiger partial charge on any atom is 0.406 e. The van der Waals surface area contributed by atoms with Crippen LogP contribution in [0.1, 0.15) is 22.9 Å². The average molecular weight is 457 g/mol. The molecule has 0 aliphatic carbocycles.